The van der Waals surface area contributed by atoms with Gasteiger partial charge >= 0.3 is 0 Å². The zero-order valence-electron chi connectivity index (χ0n) is 23.7. The van der Waals surface area contributed by atoms with Gasteiger partial charge in [0.15, 0.2) is 0 Å². The molecule has 0 saturated carbocycles. The number of unbranched alkanes of at least 4 members (excludes halogenated alkanes) is 15. The SMILES string of the molecule is CCCCCCCCCCCCCCCCCCOc1ccc([Si](C)(C)c2ccccc2CO)cc1. The summed E-state index contributed by atoms with van der Waals surface area (Å²) in [5, 5.41) is 12.4. The van der Waals surface area contributed by atoms with Gasteiger partial charge in [0.2, 0.25) is 0 Å². The van der Waals surface area contributed by atoms with Crippen LogP contribution in [0.2, 0.25) is 13.1 Å². The van der Waals surface area contributed by atoms with E-state index in [-0.39, 0.29) is 6.61 Å². The smallest absolute Gasteiger partial charge is 0.119 e. The molecule has 0 aliphatic heterocycles. The molecule has 202 valence electrons. The summed E-state index contributed by atoms with van der Waals surface area (Å²) in [4.78, 5) is 0. The van der Waals surface area contributed by atoms with Gasteiger partial charge in [0.05, 0.1) is 13.2 Å². The van der Waals surface area contributed by atoms with Crippen LogP contribution in [0, 0.1) is 0 Å². The molecule has 3 heteroatoms. The van der Waals surface area contributed by atoms with Crippen molar-refractivity contribution in [2.75, 3.05) is 6.61 Å². The molecule has 0 aliphatic rings. The van der Waals surface area contributed by atoms with Crippen molar-refractivity contribution in [3.8, 4) is 5.75 Å². The van der Waals surface area contributed by atoms with E-state index < -0.39 is 8.07 Å². The summed E-state index contributed by atoms with van der Waals surface area (Å²) in [5.41, 5.74) is 1.05. The quantitative estimate of drug-likeness (QED) is 0.134. The lowest BCUT2D eigenvalue weighted by molar-refractivity contribution is 0.283. The molecule has 0 fully saturated rings. The maximum absolute atomic E-state index is 9.75. The van der Waals surface area contributed by atoms with Gasteiger partial charge in [-0.15, -0.1) is 0 Å². The van der Waals surface area contributed by atoms with Crippen LogP contribution in [-0.4, -0.2) is 19.8 Å². The van der Waals surface area contributed by atoms with E-state index in [1.165, 1.54) is 107 Å². The minimum atomic E-state index is -1.84. The average Bonchev–Trinajstić information content (AvgIpc) is 2.90. The van der Waals surface area contributed by atoms with Gasteiger partial charge in [0, 0.05) is 0 Å². The van der Waals surface area contributed by atoms with Gasteiger partial charge in [-0.25, -0.2) is 0 Å². The molecule has 0 bridgehead atoms. The average molecular weight is 511 g/mol. The van der Waals surface area contributed by atoms with Gasteiger partial charge < -0.3 is 9.84 Å². The summed E-state index contributed by atoms with van der Waals surface area (Å²) < 4.78 is 6.02. The van der Waals surface area contributed by atoms with Crippen LogP contribution in [0.5, 0.6) is 5.75 Å². The molecule has 0 aliphatic carbocycles. The van der Waals surface area contributed by atoms with Crippen LogP contribution in [0.1, 0.15) is 115 Å². The number of aliphatic hydroxyl groups is 1. The Hall–Kier alpha value is -1.58. The number of aliphatic hydroxyl groups excluding tert-OH is 1. The lowest BCUT2D eigenvalue weighted by atomic mass is 10.0. The molecule has 0 saturated heterocycles. The van der Waals surface area contributed by atoms with Gasteiger partial charge in [-0.05, 0) is 29.3 Å². The van der Waals surface area contributed by atoms with Gasteiger partial charge in [-0.2, -0.15) is 0 Å². The van der Waals surface area contributed by atoms with E-state index in [4.69, 9.17) is 4.74 Å². The molecular weight excluding hydrogens is 456 g/mol. The van der Waals surface area contributed by atoms with Gasteiger partial charge in [-0.1, -0.05) is 158 Å². The maximum Gasteiger partial charge on any atom is 0.119 e. The third kappa shape index (κ3) is 11.6. The molecule has 2 aromatic rings. The monoisotopic (exact) mass is 510 g/mol. The number of hydrogen-bond acceptors (Lipinski definition) is 2. The highest BCUT2D eigenvalue weighted by Gasteiger charge is 2.28. The van der Waals surface area contributed by atoms with E-state index in [2.05, 4.69) is 56.4 Å². The van der Waals surface area contributed by atoms with Gasteiger partial charge in [-0.3, -0.25) is 0 Å². The van der Waals surface area contributed by atoms with Crippen molar-refractivity contribution < 1.29 is 9.84 Å². The Morgan fingerprint density at radius 2 is 1.08 bits per heavy atom. The van der Waals surface area contributed by atoms with Crippen molar-refractivity contribution in [1.82, 2.24) is 0 Å². The summed E-state index contributed by atoms with van der Waals surface area (Å²) in [7, 11) is -1.84. The highest BCUT2D eigenvalue weighted by molar-refractivity contribution is 7.00. The minimum absolute atomic E-state index is 0.104. The van der Waals surface area contributed by atoms with Crippen molar-refractivity contribution in [2.45, 2.75) is 129 Å². The molecule has 0 unspecified atom stereocenters. The van der Waals surface area contributed by atoms with Crippen molar-refractivity contribution in [3.63, 3.8) is 0 Å². The Labute approximate surface area is 223 Å². The standard InChI is InChI=1S/C33H54O2Si/c1-4-5-6-7-8-9-10-11-12-13-14-15-16-17-18-21-28-35-31-24-26-32(27-25-31)36(2,3)33-23-20-19-22-30(33)29-34/h19-20,22-27,34H,4-18,21,28-29H2,1-3H3. The first-order valence-electron chi connectivity index (χ1n) is 15.0. The highest BCUT2D eigenvalue weighted by atomic mass is 28.3. The third-order valence-electron chi connectivity index (χ3n) is 7.70. The van der Waals surface area contributed by atoms with Crippen LogP contribution in [0.3, 0.4) is 0 Å². The minimum Gasteiger partial charge on any atom is -0.494 e. The van der Waals surface area contributed by atoms with Gasteiger partial charge in [0.1, 0.15) is 13.8 Å². The number of ether oxygens (including phenoxy) is 1. The number of hydrogen-bond donors (Lipinski definition) is 1. The Balaban J connectivity index is 1.49. The van der Waals surface area contributed by atoms with Crippen LogP contribution in [0.15, 0.2) is 48.5 Å². The second-order valence-corrected chi connectivity index (χ2v) is 15.5. The molecule has 2 aromatic carbocycles. The molecule has 0 atom stereocenters. The largest absolute Gasteiger partial charge is 0.494 e. The Morgan fingerprint density at radius 3 is 1.58 bits per heavy atom. The molecule has 0 amide bonds. The third-order valence-corrected chi connectivity index (χ3v) is 11.3. The molecule has 0 radical (unpaired) electrons. The number of benzene rings is 2. The van der Waals surface area contributed by atoms with E-state index >= 15 is 0 Å². The Bertz CT molecular complexity index is 800. The first kappa shape index (κ1) is 30.6. The van der Waals surface area contributed by atoms with E-state index in [0.29, 0.717) is 0 Å². The molecule has 36 heavy (non-hydrogen) atoms. The van der Waals surface area contributed by atoms with Crippen LogP contribution in [-0.2, 0) is 6.61 Å². The second-order valence-electron chi connectivity index (χ2n) is 11.1. The van der Waals surface area contributed by atoms with Crippen molar-refractivity contribution in [3.05, 3.63) is 54.1 Å². The van der Waals surface area contributed by atoms with Crippen LogP contribution >= 0.6 is 0 Å². The van der Waals surface area contributed by atoms with E-state index in [1.54, 1.807) is 0 Å². The first-order valence-corrected chi connectivity index (χ1v) is 18.0. The molecule has 2 rings (SSSR count). The van der Waals surface area contributed by atoms with Crippen LogP contribution < -0.4 is 15.1 Å². The van der Waals surface area contributed by atoms with Crippen molar-refractivity contribution in [1.29, 1.82) is 0 Å². The molecule has 0 heterocycles. The first-order chi connectivity index (χ1) is 17.6. The summed E-state index contributed by atoms with van der Waals surface area (Å²) in [6.07, 6.45) is 22.3. The lowest BCUT2D eigenvalue weighted by Gasteiger charge is -2.26. The number of rotatable bonds is 21. The lowest BCUT2D eigenvalue weighted by Crippen LogP contribution is -2.54. The van der Waals surface area contributed by atoms with Crippen LogP contribution in [0.4, 0.5) is 0 Å². The zero-order chi connectivity index (χ0) is 25.9. The Kier molecular flexibility index (Phi) is 15.9. The van der Waals surface area contributed by atoms with Gasteiger partial charge in [0.25, 0.3) is 0 Å². The summed E-state index contributed by atoms with van der Waals surface area (Å²) in [6.45, 7) is 7.92. The molecule has 0 aromatic heterocycles. The fourth-order valence-electron chi connectivity index (χ4n) is 5.23. The van der Waals surface area contributed by atoms with E-state index in [9.17, 15) is 5.11 Å². The zero-order valence-corrected chi connectivity index (χ0v) is 24.7. The predicted octanol–water partition coefficient (Wildman–Crippen LogP) is 8.64. The van der Waals surface area contributed by atoms with Crippen molar-refractivity contribution in [2.24, 2.45) is 0 Å². The summed E-state index contributed by atoms with van der Waals surface area (Å²) >= 11 is 0. The summed E-state index contributed by atoms with van der Waals surface area (Å²) in [6, 6.07) is 17.0. The maximum atomic E-state index is 9.75. The van der Waals surface area contributed by atoms with Crippen LogP contribution in [0.25, 0.3) is 0 Å². The molecule has 0 spiro atoms. The fraction of sp³-hybridized carbons (Fsp3) is 0.636. The van der Waals surface area contributed by atoms with E-state index in [0.717, 1.165) is 24.3 Å². The normalized spacial score (nSPS) is 11.7. The summed E-state index contributed by atoms with van der Waals surface area (Å²) in [5.74, 6) is 0.972. The topological polar surface area (TPSA) is 29.5 Å². The second kappa shape index (κ2) is 18.6. The highest BCUT2D eigenvalue weighted by Crippen LogP contribution is 2.16. The molecule has 1 N–H and O–H groups in total. The van der Waals surface area contributed by atoms with Crippen molar-refractivity contribution >= 4 is 18.4 Å². The van der Waals surface area contributed by atoms with E-state index in [1.807, 2.05) is 12.1 Å². The Morgan fingerprint density at radius 1 is 0.611 bits per heavy atom. The molecule has 2 nitrogen and oxygen atoms in total. The fourth-order valence-corrected chi connectivity index (χ4v) is 8.02. The molecular formula is C33H54O2Si. The predicted molar refractivity (Wildman–Crippen MR) is 161 cm³/mol.